The topological polar surface area (TPSA) is 55.3 Å². The van der Waals surface area contributed by atoms with E-state index in [0.29, 0.717) is 29.8 Å². The van der Waals surface area contributed by atoms with Gasteiger partial charge in [0.2, 0.25) is 0 Å². The zero-order valence-electron chi connectivity index (χ0n) is 16.9. The minimum Gasteiger partial charge on any atom is -0.454 e. The van der Waals surface area contributed by atoms with Gasteiger partial charge in [-0.1, -0.05) is 6.58 Å². The van der Waals surface area contributed by atoms with Crippen molar-refractivity contribution in [2.45, 2.75) is 13.0 Å². The Kier molecular flexibility index (Phi) is 6.11. The molecule has 2 heterocycles. The molecule has 1 aromatic heterocycles. The first-order chi connectivity index (χ1) is 15.0. The molecule has 31 heavy (non-hydrogen) atoms. The Morgan fingerprint density at radius 2 is 1.97 bits per heavy atom. The molecule has 0 spiro atoms. The highest BCUT2D eigenvalue weighted by Crippen LogP contribution is 2.39. The molecule has 4 rings (SSSR count). The smallest absolute Gasteiger partial charge is 0.255 e. The molecule has 0 bridgehead atoms. The number of ether oxygens (including phenoxy) is 1. The number of rotatable bonds is 6. The van der Waals surface area contributed by atoms with Crippen LogP contribution in [-0.2, 0) is 20.0 Å². The summed E-state index contributed by atoms with van der Waals surface area (Å²) in [6, 6.07) is 8.60. The van der Waals surface area contributed by atoms with Gasteiger partial charge in [-0.15, -0.1) is 0 Å². The van der Waals surface area contributed by atoms with Gasteiger partial charge in [-0.25, -0.2) is 8.78 Å². The maximum atomic E-state index is 14.3. The molecule has 160 valence electrons. The largest absolute Gasteiger partial charge is 0.454 e. The van der Waals surface area contributed by atoms with E-state index in [1.807, 2.05) is 6.07 Å². The van der Waals surface area contributed by atoms with Gasteiger partial charge in [-0.3, -0.25) is 4.79 Å². The molecule has 8 heteroatoms. The van der Waals surface area contributed by atoms with Crippen molar-refractivity contribution in [1.82, 2.24) is 9.88 Å². The molecule has 0 saturated carbocycles. The number of aromatic nitrogens is 1. The molecule has 3 aromatic rings. The van der Waals surface area contributed by atoms with Crippen LogP contribution in [0.2, 0.25) is 0 Å². The summed E-state index contributed by atoms with van der Waals surface area (Å²) in [5.74, 6) is -1.14. The predicted octanol–water partition coefficient (Wildman–Crippen LogP) is 4.97. The molecule has 2 aromatic carbocycles. The van der Waals surface area contributed by atoms with Crippen LogP contribution in [0, 0.1) is 11.6 Å². The zero-order valence-corrected chi connectivity index (χ0v) is 17.7. The van der Waals surface area contributed by atoms with Gasteiger partial charge in [0.25, 0.3) is 5.56 Å². The predicted molar refractivity (Wildman–Crippen MR) is 120 cm³/mol. The second kappa shape index (κ2) is 8.95. The maximum absolute atomic E-state index is 14.3. The van der Waals surface area contributed by atoms with Crippen molar-refractivity contribution in [3.63, 3.8) is 0 Å². The van der Waals surface area contributed by atoms with Crippen molar-refractivity contribution in [3.05, 3.63) is 87.7 Å². The minimum atomic E-state index is -0.790. The number of halogens is 2. The van der Waals surface area contributed by atoms with E-state index in [9.17, 15) is 13.6 Å². The standard InChI is InChI=1S/C23H21F2N3O2S/c1-3-31-27-15-5-7-21(30-22-6-4-14(24)10-20(22)25)17(11-15)19-13-28(2)23(29)18-12-26-9-8-16(18)19/h3-7,10-11,13,26-27H,1,8-9,12H2,2H3. The Balaban J connectivity index is 1.88. The quantitative estimate of drug-likeness (QED) is 0.529. The molecule has 0 fully saturated rings. The summed E-state index contributed by atoms with van der Waals surface area (Å²) in [5, 5.41) is 4.90. The third-order valence-electron chi connectivity index (χ3n) is 5.09. The molecule has 0 unspecified atom stereocenters. The summed E-state index contributed by atoms with van der Waals surface area (Å²) in [4.78, 5) is 12.6. The summed E-state index contributed by atoms with van der Waals surface area (Å²) < 4.78 is 38.2. The van der Waals surface area contributed by atoms with E-state index in [-0.39, 0.29) is 11.3 Å². The number of nitrogens with one attached hydrogen (secondary N) is 2. The molecule has 0 aliphatic carbocycles. The van der Waals surface area contributed by atoms with Crippen molar-refractivity contribution >= 4 is 17.6 Å². The van der Waals surface area contributed by atoms with Crippen LogP contribution in [0.4, 0.5) is 14.5 Å². The monoisotopic (exact) mass is 441 g/mol. The first-order valence-electron chi connectivity index (χ1n) is 9.70. The van der Waals surface area contributed by atoms with Crippen LogP contribution in [0.25, 0.3) is 11.1 Å². The van der Waals surface area contributed by atoms with E-state index >= 15 is 0 Å². The molecule has 1 aliphatic rings. The van der Waals surface area contributed by atoms with Gasteiger partial charge < -0.3 is 19.3 Å². The number of fused-ring (bicyclic) bond motifs is 1. The van der Waals surface area contributed by atoms with Crippen molar-refractivity contribution in [1.29, 1.82) is 0 Å². The second-order valence-corrected chi connectivity index (χ2v) is 7.89. The number of hydrogen-bond donors (Lipinski definition) is 2. The van der Waals surface area contributed by atoms with Gasteiger partial charge in [0, 0.05) is 48.2 Å². The molecule has 0 radical (unpaired) electrons. The fourth-order valence-corrected chi connectivity index (χ4v) is 3.99. The lowest BCUT2D eigenvalue weighted by Crippen LogP contribution is -2.33. The molecule has 0 atom stereocenters. The van der Waals surface area contributed by atoms with Gasteiger partial charge in [0.15, 0.2) is 11.6 Å². The van der Waals surface area contributed by atoms with Gasteiger partial charge in [0.05, 0.1) is 0 Å². The number of anilines is 1. The van der Waals surface area contributed by atoms with Crippen molar-refractivity contribution < 1.29 is 13.5 Å². The van der Waals surface area contributed by atoms with E-state index in [2.05, 4.69) is 16.6 Å². The van der Waals surface area contributed by atoms with Crippen LogP contribution in [0.3, 0.4) is 0 Å². The number of benzene rings is 2. The SMILES string of the molecule is C=CSNc1ccc(Oc2ccc(F)cc2F)c(-c2cn(C)c(=O)c3c2CCNC3)c1. The summed E-state index contributed by atoms with van der Waals surface area (Å²) in [5.41, 5.74) is 3.94. The third-order valence-corrected chi connectivity index (χ3v) is 5.61. The fraction of sp³-hybridized carbons (Fsp3) is 0.174. The Bertz CT molecular complexity index is 1210. The van der Waals surface area contributed by atoms with E-state index in [1.165, 1.54) is 18.0 Å². The molecule has 1 aliphatic heterocycles. The number of hydrogen-bond acceptors (Lipinski definition) is 5. The van der Waals surface area contributed by atoms with Crippen molar-refractivity contribution in [3.8, 4) is 22.6 Å². The van der Waals surface area contributed by atoms with Crippen LogP contribution in [0.5, 0.6) is 11.5 Å². The van der Waals surface area contributed by atoms with Gasteiger partial charge in [-0.05, 0) is 66.2 Å². The van der Waals surface area contributed by atoms with Crippen LogP contribution < -0.4 is 20.3 Å². The molecule has 5 nitrogen and oxygen atoms in total. The van der Waals surface area contributed by atoms with E-state index in [1.54, 1.807) is 35.4 Å². The van der Waals surface area contributed by atoms with Crippen LogP contribution in [0.1, 0.15) is 11.1 Å². The lowest BCUT2D eigenvalue weighted by atomic mass is 9.92. The van der Waals surface area contributed by atoms with Crippen LogP contribution >= 0.6 is 11.9 Å². The summed E-state index contributed by atoms with van der Waals surface area (Å²) in [6.45, 7) is 4.92. The van der Waals surface area contributed by atoms with Crippen LogP contribution in [-0.4, -0.2) is 11.1 Å². The number of aryl methyl sites for hydroxylation is 1. The average Bonchev–Trinajstić information content (AvgIpc) is 2.77. The average molecular weight is 442 g/mol. The van der Waals surface area contributed by atoms with E-state index in [0.717, 1.165) is 35.5 Å². The minimum absolute atomic E-state index is 0.0468. The normalized spacial score (nSPS) is 12.9. The zero-order chi connectivity index (χ0) is 22.0. The highest BCUT2D eigenvalue weighted by Gasteiger charge is 2.22. The maximum Gasteiger partial charge on any atom is 0.255 e. The van der Waals surface area contributed by atoms with Gasteiger partial charge in [-0.2, -0.15) is 0 Å². The van der Waals surface area contributed by atoms with Crippen LogP contribution in [0.15, 0.2) is 59.4 Å². The van der Waals surface area contributed by atoms with Crippen molar-refractivity contribution in [2.24, 2.45) is 7.05 Å². The second-order valence-electron chi connectivity index (χ2n) is 7.12. The Morgan fingerprint density at radius 1 is 1.16 bits per heavy atom. The summed E-state index contributed by atoms with van der Waals surface area (Å²) in [7, 11) is 1.70. The van der Waals surface area contributed by atoms with Crippen molar-refractivity contribution in [2.75, 3.05) is 11.3 Å². The lowest BCUT2D eigenvalue weighted by molar-refractivity contribution is 0.439. The fourth-order valence-electron chi connectivity index (χ4n) is 3.64. The Labute approximate surface area is 182 Å². The highest BCUT2D eigenvalue weighted by atomic mass is 32.2. The highest BCUT2D eigenvalue weighted by molar-refractivity contribution is 8.03. The molecule has 0 saturated heterocycles. The first kappa shape index (κ1) is 21.1. The number of pyridine rings is 1. The third kappa shape index (κ3) is 4.35. The molecule has 2 N–H and O–H groups in total. The lowest BCUT2D eigenvalue weighted by Gasteiger charge is -2.23. The number of nitrogens with zero attached hydrogens (tertiary/aromatic N) is 1. The Hall–Kier alpha value is -3.10. The summed E-state index contributed by atoms with van der Waals surface area (Å²) >= 11 is 1.32. The first-order valence-corrected chi connectivity index (χ1v) is 10.6. The molecule has 0 amide bonds. The molecular formula is C23H21F2N3O2S. The van der Waals surface area contributed by atoms with E-state index in [4.69, 9.17) is 4.74 Å². The Morgan fingerprint density at radius 3 is 2.74 bits per heavy atom. The van der Waals surface area contributed by atoms with Gasteiger partial charge >= 0.3 is 0 Å². The summed E-state index contributed by atoms with van der Waals surface area (Å²) in [6.07, 6.45) is 2.46. The van der Waals surface area contributed by atoms with Gasteiger partial charge in [0.1, 0.15) is 11.6 Å². The van der Waals surface area contributed by atoms with E-state index < -0.39 is 11.6 Å². The molecular weight excluding hydrogens is 420 g/mol.